The molecular weight excluding hydrogens is 200 g/mol. The fourth-order valence-corrected chi connectivity index (χ4v) is 3.33. The minimum atomic E-state index is 0.360. The number of likely N-dealkylation sites (tertiary alicyclic amines) is 1. The van der Waals surface area contributed by atoms with Crippen LogP contribution in [-0.2, 0) is 4.74 Å². The maximum Gasteiger partial charge on any atom is 0.0588 e. The normalized spacial score (nSPS) is 38.8. The SMILES string of the molecule is CO[C@@H]1CCC[C@](C)(N2CCC(N)CC2)C1. The molecule has 3 heteroatoms. The molecule has 2 rings (SSSR count). The zero-order valence-electron chi connectivity index (χ0n) is 10.7. The average molecular weight is 226 g/mol. The fraction of sp³-hybridized carbons (Fsp3) is 1.00. The van der Waals surface area contributed by atoms with Crippen molar-refractivity contribution in [2.75, 3.05) is 20.2 Å². The van der Waals surface area contributed by atoms with Crippen LogP contribution in [0.15, 0.2) is 0 Å². The highest BCUT2D eigenvalue weighted by molar-refractivity contribution is 4.94. The summed E-state index contributed by atoms with van der Waals surface area (Å²) in [5.74, 6) is 0. The standard InChI is InChI=1S/C13H26N2O/c1-13(7-3-4-12(10-13)16-2)15-8-5-11(14)6-9-15/h11-12H,3-10,14H2,1-2H3/t12-,13+/m1/s1. The lowest BCUT2D eigenvalue weighted by atomic mass is 9.79. The van der Waals surface area contributed by atoms with Crippen LogP contribution >= 0.6 is 0 Å². The number of hydrogen-bond acceptors (Lipinski definition) is 3. The van der Waals surface area contributed by atoms with Gasteiger partial charge in [-0.05, 0) is 45.4 Å². The zero-order valence-corrected chi connectivity index (χ0v) is 10.7. The molecule has 0 aromatic heterocycles. The lowest BCUT2D eigenvalue weighted by Crippen LogP contribution is -2.54. The van der Waals surface area contributed by atoms with E-state index in [2.05, 4.69) is 11.8 Å². The summed E-state index contributed by atoms with van der Waals surface area (Å²) in [6, 6.07) is 0.432. The Kier molecular flexibility index (Phi) is 3.88. The van der Waals surface area contributed by atoms with Gasteiger partial charge in [-0.1, -0.05) is 0 Å². The highest BCUT2D eigenvalue weighted by Crippen LogP contribution is 2.35. The van der Waals surface area contributed by atoms with Gasteiger partial charge in [-0.2, -0.15) is 0 Å². The smallest absolute Gasteiger partial charge is 0.0588 e. The Bertz CT molecular complexity index is 226. The maximum atomic E-state index is 5.97. The largest absolute Gasteiger partial charge is 0.381 e. The number of nitrogens with two attached hydrogens (primary N) is 1. The molecule has 0 unspecified atom stereocenters. The van der Waals surface area contributed by atoms with Crippen molar-refractivity contribution >= 4 is 0 Å². The van der Waals surface area contributed by atoms with Crippen LogP contribution in [0.25, 0.3) is 0 Å². The summed E-state index contributed by atoms with van der Waals surface area (Å²) in [6.45, 7) is 4.76. The van der Waals surface area contributed by atoms with Gasteiger partial charge in [0.2, 0.25) is 0 Å². The van der Waals surface area contributed by atoms with Gasteiger partial charge >= 0.3 is 0 Å². The minimum absolute atomic E-state index is 0.360. The predicted molar refractivity (Wildman–Crippen MR) is 66.5 cm³/mol. The second kappa shape index (κ2) is 5.03. The van der Waals surface area contributed by atoms with E-state index in [0.717, 1.165) is 12.8 Å². The van der Waals surface area contributed by atoms with Crippen LogP contribution in [0.2, 0.25) is 0 Å². The number of nitrogens with zero attached hydrogens (tertiary/aromatic N) is 1. The van der Waals surface area contributed by atoms with E-state index >= 15 is 0 Å². The second-order valence-electron chi connectivity index (χ2n) is 5.78. The van der Waals surface area contributed by atoms with Crippen LogP contribution in [-0.4, -0.2) is 42.8 Å². The van der Waals surface area contributed by atoms with Gasteiger partial charge in [0.15, 0.2) is 0 Å². The Hall–Kier alpha value is -0.120. The highest BCUT2D eigenvalue weighted by atomic mass is 16.5. The lowest BCUT2D eigenvalue weighted by Gasteiger charge is -2.48. The average Bonchev–Trinajstić information content (AvgIpc) is 2.29. The van der Waals surface area contributed by atoms with Crippen molar-refractivity contribution in [1.29, 1.82) is 0 Å². The monoisotopic (exact) mass is 226 g/mol. The van der Waals surface area contributed by atoms with E-state index < -0.39 is 0 Å². The molecule has 1 aliphatic carbocycles. The Morgan fingerprint density at radius 1 is 1.25 bits per heavy atom. The Labute approximate surface area is 99.3 Å². The van der Waals surface area contributed by atoms with E-state index in [1.807, 2.05) is 7.11 Å². The third-order valence-corrected chi connectivity index (χ3v) is 4.55. The van der Waals surface area contributed by atoms with Crippen LogP contribution in [0.1, 0.15) is 45.4 Å². The first-order valence-electron chi connectivity index (χ1n) is 6.67. The van der Waals surface area contributed by atoms with Crippen LogP contribution in [0, 0.1) is 0 Å². The summed E-state index contributed by atoms with van der Waals surface area (Å²) in [5.41, 5.74) is 6.33. The lowest BCUT2D eigenvalue weighted by molar-refractivity contribution is -0.0257. The molecule has 1 saturated heterocycles. The zero-order chi connectivity index (χ0) is 11.6. The molecule has 0 amide bonds. The first-order chi connectivity index (χ1) is 7.64. The molecule has 1 aliphatic heterocycles. The molecule has 0 aromatic rings. The highest BCUT2D eigenvalue weighted by Gasteiger charge is 2.38. The molecule has 2 atom stereocenters. The van der Waals surface area contributed by atoms with Crippen molar-refractivity contribution in [2.45, 2.75) is 63.1 Å². The van der Waals surface area contributed by atoms with Crippen molar-refractivity contribution in [3.63, 3.8) is 0 Å². The van der Waals surface area contributed by atoms with Gasteiger partial charge in [0, 0.05) is 31.8 Å². The van der Waals surface area contributed by atoms with Crippen LogP contribution in [0.3, 0.4) is 0 Å². The van der Waals surface area contributed by atoms with E-state index in [9.17, 15) is 0 Å². The molecule has 94 valence electrons. The van der Waals surface area contributed by atoms with Crippen molar-refractivity contribution in [3.05, 3.63) is 0 Å². The van der Waals surface area contributed by atoms with Gasteiger partial charge in [-0.25, -0.2) is 0 Å². The molecule has 0 bridgehead atoms. The Morgan fingerprint density at radius 3 is 2.56 bits per heavy atom. The van der Waals surface area contributed by atoms with E-state index in [1.54, 1.807) is 0 Å². The number of ether oxygens (including phenoxy) is 1. The minimum Gasteiger partial charge on any atom is -0.381 e. The van der Waals surface area contributed by atoms with E-state index in [-0.39, 0.29) is 0 Å². The first-order valence-corrected chi connectivity index (χ1v) is 6.67. The van der Waals surface area contributed by atoms with E-state index in [1.165, 1.54) is 38.8 Å². The second-order valence-corrected chi connectivity index (χ2v) is 5.78. The fourth-order valence-electron chi connectivity index (χ4n) is 3.33. The molecule has 0 aromatic carbocycles. The van der Waals surface area contributed by atoms with Gasteiger partial charge in [-0.15, -0.1) is 0 Å². The first kappa shape index (κ1) is 12.3. The van der Waals surface area contributed by atoms with Gasteiger partial charge in [-0.3, -0.25) is 4.90 Å². The molecular formula is C13H26N2O. The Balaban J connectivity index is 1.95. The third-order valence-electron chi connectivity index (χ3n) is 4.55. The summed E-state index contributed by atoms with van der Waals surface area (Å²) in [4.78, 5) is 2.65. The molecule has 1 heterocycles. The molecule has 1 saturated carbocycles. The molecule has 3 nitrogen and oxygen atoms in total. The number of hydrogen-bond donors (Lipinski definition) is 1. The van der Waals surface area contributed by atoms with E-state index in [0.29, 0.717) is 17.7 Å². The maximum absolute atomic E-state index is 5.97. The van der Waals surface area contributed by atoms with Gasteiger partial charge in [0.05, 0.1) is 6.10 Å². The molecule has 16 heavy (non-hydrogen) atoms. The van der Waals surface area contributed by atoms with Gasteiger partial charge in [0.25, 0.3) is 0 Å². The van der Waals surface area contributed by atoms with Crippen molar-refractivity contribution < 1.29 is 4.74 Å². The number of piperidine rings is 1. The summed E-state index contributed by atoms with van der Waals surface area (Å²) in [6.07, 6.45) is 7.84. The molecule has 2 aliphatic rings. The molecule has 0 radical (unpaired) electrons. The summed E-state index contributed by atoms with van der Waals surface area (Å²) in [7, 11) is 1.85. The van der Waals surface area contributed by atoms with Crippen LogP contribution in [0.5, 0.6) is 0 Å². The Morgan fingerprint density at radius 2 is 1.94 bits per heavy atom. The van der Waals surface area contributed by atoms with Crippen LogP contribution < -0.4 is 5.73 Å². The third kappa shape index (κ3) is 2.58. The molecule has 2 fully saturated rings. The molecule has 0 spiro atoms. The predicted octanol–water partition coefficient (Wildman–Crippen LogP) is 1.76. The van der Waals surface area contributed by atoms with Crippen molar-refractivity contribution in [1.82, 2.24) is 4.90 Å². The van der Waals surface area contributed by atoms with Gasteiger partial charge in [0.1, 0.15) is 0 Å². The van der Waals surface area contributed by atoms with Crippen molar-refractivity contribution in [2.24, 2.45) is 5.73 Å². The molecule has 2 N–H and O–H groups in total. The van der Waals surface area contributed by atoms with Gasteiger partial charge < -0.3 is 10.5 Å². The summed E-state index contributed by atoms with van der Waals surface area (Å²) >= 11 is 0. The summed E-state index contributed by atoms with van der Waals surface area (Å²) < 4.78 is 5.55. The quantitative estimate of drug-likeness (QED) is 0.779. The van der Waals surface area contributed by atoms with Crippen molar-refractivity contribution in [3.8, 4) is 0 Å². The number of methoxy groups -OCH3 is 1. The topological polar surface area (TPSA) is 38.5 Å². The summed E-state index contributed by atoms with van der Waals surface area (Å²) in [5, 5.41) is 0. The van der Waals surface area contributed by atoms with Crippen LogP contribution in [0.4, 0.5) is 0 Å². The number of rotatable bonds is 2. The van der Waals surface area contributed by atoms with E-state index in [4.69, 9.17) is 10.5 Å².